The van der Waals surface area contributed by atoms with Crippen LogP contribution in [-0.2, 0) is 0 Å². The lowest BCUT2D eigenvalue weighted by Crippen LogP contribution is -2.43. The number of aromatic nitrogens is 3. The molecule has 0 unspecified atom stereocenters. The van der Waals surface area contributed by atoms with Crippen molar-refractivity contribution in [2.24, 2.45) is 0 Å². The average molecular weight is 382 g/mol. The van der Waals surface area contributed by atoms with E-state index < -0.39 is 0 Å². The van der Waals surface area contributed by atoms with Gasteiger partial charge in [-0.2, -0.15) is 0 Å². The number of piperazine rings is 1. The maximum absolute atomic E-state index is 4.55. The molecule has 27 heavy (non-hydrogen) atoms. The standard InChI is InChI=1S/C19H23N7S/c1-13-18(27-19(20-2)24-13)14-5-6-22-17(11-14)25-16-4-3-15(12-23-16)26-9-7-21-8-10-26/h3-6,11-12,21H,7-10H2,1-2H3,(H,20,24)(H,22,23,25). The summed E-state index contributed by atoms with van der Waals surface area (Å²) >= 11 is 1.64. The molecule has 1 aliphatic heterocycles. The molecule has 8 heteroatoms. The zero-order valence-corrected chi connectivity index (χ0v) is 16.3. The van der Waals surface area contributed by atoms with Gasteiger partial charge in [-0.05, 0) is 36.8 Å². The van der Waals surface area contributed by atoms with Crippen molar-refractivity contribution in [2.75, 3.05) is 48.8 Å². The molecule has 0 aliphatic carbocycles. The summed E-state index contributed by atoms with van der Waals surface area (Å²) in [6.07, 6.45) is 3.73. The first kappa shape index (κ1) is 17.7. The zero-order chi connectivity index (χ0) is 18.6. The van der Waals surface area contributed by atoms with E-state index in [-0.39, 0.29) is 0 Å². The van der Waals surface area contributed by atoms with Gasteiger partial charge in [0.15, 0.2) is 5.13 Å². The molecular formula is C19H23N7S. The van der Waals surface area contributed by atoms with Gasteiger partial charge in [0, 0.05) is 39.4 Å². The van der Waals surface area contributed by atoms with Crippen molar-refractivity contribution < 1.29 is 0 Å². The predicted octanol–water partition coefficient (Wildman–Crippen LogP) is 3.10. The Morgan fingerprint density at radius 2 is 1.96 bits per heavy atom. The molecule has 0 saturated carbocycles. The Morgan fingerprint density at radius 1 is 1.11 bits per heavy atom. The Labute approximate surface area is 162 Å². The van der Waals surface area contributed by atoms with Crippen LogP contribution >= 0.6 is 11.3 Å². The molecule has 3 aromatic rings. The summed E-state index contributed by atoms with van der Waals surface area (Å²) in [7, 11) is 1.89. The third-order valence-corrected chi connectivity index (χ3v) is 5.74. The van der Waals surface area contributed by atoms with E-state index in [2.05, 4.69) is 41.9 Å². The normalized spacial score (nSPS) is 14.2. The summed E-state index contributed by atoms with van der Waals surface area (Å²) in [5.41, 5.74) is 3.27. The molecular weight excluding hydrogens is 358 g/mol. The molecule has 3 N–H and O–H groups in total. The van der Waals surface area contributed by atoms with Gasteiger partial charge < -0.3 is 20.9 Å². The topological polar surface area (TPSA) is 78.0 Å². The highest BCUT2D eigenvalue weighted by atomic mass is 32.1. The van der Waals surface area contributed by atoms with Gasteiger partial charge in [0.25, 0.3) is 0 Å². The summed E-state index contributed by atoms with van der Waals surface area (Å²) in [5.74, 6) is 1.56. The first-order valence-electron chi connectivity index (χ1n) is 9.03. The molecule has 1 fully saturated rings. The van der Waals surface area contributed by atoms with Crippen LogP contribution in [0.4, 0.5) is 22.5 Å². The van der Waals surface area contributed by atoms with Gasteiger partial charge in [-0.25, -0.2) is 15.0 Å². The average Bonchev–Trinajstić information content (AvgIpc) is 3.10. The summed E-state index contributed by atoms with van der Waals surface area (Å²) in [6, 6.07) is 8.15. The highest BCUT2D eigenvalue weighted by Crippen LogP contribution is 2.33. The van der Waals surface area contributed by atoms with Crippen LogP contribution < -0.4 is 20.9 Å². The smallest absolute Gasteiger partial charge is 0.183 e. The van der Waals surface area contributed by atoms with Crippen LogP contribution in [-0.4, -0.2) is 48.2 Å². The maximum Gasteiger partial charge on any atom is 0.183 e. The number of anilines is 4. The summed E-state index contributed by atoms with van der Waals surface area (Å²) in [6.45, 7) is 6.09. The minimum Gasteiger partial charge on any atom is -0.368 e. The molecule has 1 saturated heterocycles. The van der Waals surface area contributed by atoms with E-state index in [0.29, 0.717) is 0 Å². The van der Waals surface area contributed by atoms with Crippen molar-refractivity contribution in [3.05, 3.63) is 42.4 Å². The second kappa shape index (κ2) is 7.89. The molecule has 140 valence electrons. The van der Waals surface area contributed by atoms with Crippen molar-refractivity contribution in [3.8, 4) is 10.4 Å². The number of pyridine rings is 2. The fourth-order valence-corrected chi connectivity index (χ4v) is 4.03. The first-order chi connectivity index (χ1) is 13.2. The minimum atomic E-state index is 0.772. The van der Waals surface area contributed by atoms with E-state index in [9.17, 15) is 0 Å². The molecule has 0 atom stereocenters. The lowest BCUT2D eigenvalue weighted by Gasteiger charge is -2.29. The van der Waals surface area contributed by atoms with Gasteiger partial charge in [-0.15, -0.1) is 0 Å². The van der Waals surface area contributed by atoms with Crippen LogP contribution in [0.1, 0.15) is 5.69 Å². The molecule has 0 amide bonds. The van der Waals surface area contributed by atoms with Crippen molar-refractivity contribution in [1.29, 1.82) is 0 Å². The van der Waals surface area contributed by atoms with Gasteiger partial charge in [-0.3, -0.25) is 0 Å². The molecule has 0 bridgehead atoms. The molecule has 0 spiro atoms. The second-order valence-electron chi connectivity index (χ2n) is 6.38. The number of nitrogens with one attached hydrogen (secondary N) is 3. The summed E-state index contributed by atoms with van der Waals surface area (Å²) < 4.78 is 0. The fraction of sp³-hybridized carbons (Fsp3) is 0.316. The second-order valence-corrected chi connectivity index (χ2v) is 7.38. The Bertz CT molecular complexity index is 901. The zero-order valence-electron chi connectivity index (χ0n) is 15.5. The van der Waals surface area contributed by atoms with E-state index >= 15 is 0 Å². The quantitative estimate of drug-likeness (QED) is 0.627. The molecule has 7 nitrogen and oxygen atoms in total. The van der Waals surface area contributed by atoms with Gasteiger partial charge in [0.2, 0.25) is 0 Å². The number of aryl methyl sites for hydroxylation is 1. The van der Waals surface area contributed by atoms with Crippen LogP contribution in [0.3, 0.4) is 0 Å². The fourth-order valence-electron chi connectivity index (χ4n) is 3.11. The maximum atomic E-state index is 4.55. The van der Waals surface area contributed by atoms with E-state index in [0.717, 1.165) is 64.8 Å². The largest absolute Gasteiger partial charge is 0.368 e. The lowest BCUT2D eigenvalue weighted by atomic mass is 10.2. The molecule has 1 aliphatic rings. The van der Waals surface area contributed by atoms with Crippen molar-refractivity contribution in [1.82, 2.24) is 20.3 Å². The molecule has 0 aromatic carbocycles. The molecule has 0 radical (unpaired) electrons. The van der Waals surface area contributed by atoms with E-state index in [1.54, 1.807) is 11.3 Å². The van der Waals surface area contributed by atoms with Crippen molar-refractivity contribution >= 4 is 33.8 Å². The van der Waals surface area contributed by atoms with E-state index in [1.807, 2.05) is 44.6 Å². The summed E-state index contributed by atoms with van der Waals surface area (Å²) in [5, 5.41) is 10.7. The minimum absolute atomic E-state index is 0.772. The van der Waals surface area contributed by atoms with Crippen molar-refractivity contribution in [3.63, 3.8) is 0 Å². The number of rotatable bonds is 5. The van der Waals surface area contributed by atoms with Crippen molar-refractivity contribution in [2.45, 2.75) is 6.92 Å². The van der Waals surface area contributed by atoms with Crippen LogP contribution in [0.25, 0.3) is 10.4 Å². The third kappa shape index (κ3) is 4.01. The van der Waals surface area contributed by atoms with Gasteiger partial charge in [0.1, 0.15) is 11.6 Å². The van der Waals surface area contributed by atoms with Gasteiger partial charge in [-0.1, -0.05) is 11.3 Å². The Kier molecular flexibility index (Phi) is 5.17. The van der Waals surface area contributed by atoms with Crippen LogP contribution in [0.15, 0.2) is 36.7 Å². The highest BCUT2D eigenvalue weighted by Gasteiger charge is 2.12. The number of hydrogen-bond donors (Lipinski definition) is 3. The van der Waals surface area contributed by atoms with Gasteiger partial charge in [0.05, 0.1) is 22.5 Å². The summed E-state index contributed by atoms with van der Waals surface area (Å²) in [4.78, 5) is 17.0. The monoisotopic (exact) mass is 381 g/mol. The number of thiazole rings is 1. The SMILES string of the molecule is CNc1nc(C)c(-c2ccnc(Nc3ccc(N4CCNCC4)cn3)c2)s1. The molecule has 4 rings (SSSR count). The lowest BCUT2D eigenvalue weighted by molar-refractivity contribution is 0.589. The van der Waals surface area contributed by atoms with Crippen LogP contribution in [0.5, 0.6) is 0 Å². The Balaban J connectivity index is 1.50. The predicted molar refractivity (Wildman–Crippen MR) is 112 cm³/mol. The van der Waals surface area contributed by atoms with Gasteiger partial charge >= 0.3 is 0 Å². The molecule has 3 aromatic heterocycles. The first-order valence-corrected chi connectivity index (χ1v) is 9.85. The molecule has 4 heterocycles. The Hall–Kier alpha value is -2.71. The Morgan fingerprint density at radius 3 is 2.67 bits per heavy atom. The van der Waals surface area contributed by atoms with E-state index in [1.165, 1.54) is 0 Å². The van der Waals surface area contributed by atoms with Crippen LogP contribution in [0, 0.1) is 6.92 Å². The number of nitrogens with zero attached hydrogens (tertiary/aromatic N) is 4. The van der Waals surface area contributed by atoms with Crippen LogP contribution in [0.2, 0.25) is 0 Å². The highest BCUT2D eigenvalue weighted by molar-refractivity contribution is 7.19. The third-order valence-electron chi connectivity index (χ3n) is 4.52. The number of hydrogen-bond acceptors (Lipinski definition) is 8. The van der Waals surface area contributed by atoms with E-state index in [4.69, 9.17) is 0 Å².